The summed E-state index contributed by atoms with van der Waals surface area (Å²) < 4.78 is 5.15. The standard InChI is InChI=1S/C10H16N2O2/c1-10(12,6-13)7-4-3-5-8(11)9(7)14-2/h3-5,13H,6,11-12H2,1-2H3/t10-/m1/s1. The van der Waals surface area contributed by atoms with Crippen LogP contribution in [0.2, 0.25) is 0 Å². The highest BCUT2D eigenvalue weighted by Crippen LogP contribution is 2.32. The van der Waals surface area contributed by atoms with Crippen LogP contribution in [0, 0.1) is 0 Å². The van der Waals surface area contributed by atoms with Crippen LogP contribution in [0.1, 0.15) is 12.5 Å². The molecule has 0 heterocycles. The molecule has 4 heteroatoms. The van der Waals surface area contributed by atoms with Gasteiger partial charge in [0.05, 0.1) is 24.9 Å². The number of ether oxygens (including phenoxy) is 1. The van der Waals surface area contributed by atoms with Gasteiger partial charge >= 0.3 is 0 Å². The minimum atomic E-state index is -0.833. The van der Waals surface area contributed by atoms with Gasteiger partial charge in [0.25, 0.3) is 0 Å². The van der Waals surface area contributed by atoms with Crippen molar-refractivity contribution < 1.29 is 9.84 Å². The first-order chi connectivity index (χ1) is 6.53. The lowest BCUT2D eigenvalue weighted by molar-refractivity contribution is 0.206. The molecule has 0 aromatic heterocycles. The number of methoxy groups -OCH3 is 1. The molecule has 14 heavy (non-hydrogen) atoms. The third kappa shape index (κ3) is 1.81. The van der Waals surface area contributed by atoms with Gasteiger partial charge in [-0.05, 0) is 13.0 Å². The number of hydrogen-bond acceptors (Lipinski definition) is 4. The molecule has 5 N–H and O–H groups in total. The maximum atomic E-state index is 9.14. The smallest absolute Gasteiger partial charge is 0.146 e. The second kappa shape index (κ2) is 3.86. The zero-order chi connectivity index (χ0) is 10.8. The molecular weight excluding hydrogens is 180 g/mol. The van der Waals surface area contributed by atoms with Crippen molar-refractivity contribution in [3.05, 3.63) is 23.8 Å². The summed E-state index contributed by atoms with van der Waals surface area (Å²) in [5.41, 5.74) is 12.0. The average Bonchev–Trinajstić information content (AvgIpc) is 2.17. The third-order valence-corrected chi connectivity index (χ3v) is 2.19. The number of aliphatic hydroxyl groups excluding tert-OH is 1. The van der Waals surface area contributed by atoms with Gasteiger partial charge in [0, 0.05) is 5.56 Å². The summed E-state index contributed by atoms with van der Waals surface area (Å²) >= 11 is 0. The number of nitrogens with two attached hydrogens (primary N) is 2. The fourth-order valence-corrected chi connectivity index (χ4v) is 1.32. The van der Waals surface area contributed by atoms with E-state index < -0.39 is 5.54 Å². The number of aliphatic hydroxyl groups is 1. The van der Waals surface area contributed by atoms with Gasteiger partial charge in [0.2, 0.25) is 0 Å². The summed E-state index contributed by atoms with van der Waals surface area (Å²) in [6, 6.07) is 5.31. The Labute approximate surface area is 83.5 Å². The molecule has 0 radical (unpaired) electrons. The van der Waals surface area contributed by atoms with Gasteiger partial charge < -0.3 is 21.3 Å². The Kier molecular flexibility index (Phi) is 2.98. The minimum absolute atomic E-state index is 0.160. The number of para-hydroxylation sites is 1. The van der Waals surface area contributed by atoms with E-state index in [1.165, 1.54) is 7.11 Å². The lowest BCUT2D eigenvalue weighted by Gasteiger charge is -2.25. The quantitative estimate of drug-likeness (QED) is 0.613. The number of benzene rings is 1. The van der Waals surface area contributed by atoms with Crippen molar-refractivity contribution in [3.63, 3.8) is 0 Å². The SMILES string of the molecule is COc1c(N)cccc1[C@](C)(N)CO. The van der Waals surface area contributed by atoms with Crippen molar-refractivity contribution in [3.8, 4) is 5.75 Å². The fraction of sp³-hybridized carbons (Fsp3) is 0.400. The number of hydrogen-bond donors (Lipinski definition) is 3. The monoisotopic (exact) mass is 196 g/mol. The van der Waals surface area contributed by atoms with Gasteiger partial charge in [0.1, 0.15) is 5.75 Å². The maximum Gasteiger partial charge on any atom is 0.146 e. The van der Waals surface area contributed by atoms with Gasteiger partial charge in [-0.25, -0.2) is 0 Å². The van der Waals surface area contributed by atoms with Crippen molar-refractivity contribution in [2.45, 2.75) is 12.5 Å². The van der Waals surface area contributed by atoms with E-state index in [1.54, 1.807) is 25.1 Å². The van der Waals surface area contributed by atoms with Gasteiger partial charge in [0.15, 0.2) is 0 Å². The Morgan fingerprint density at radius 3 is 2.64 bits per heavy atom. The lowest BCUT2D eigenvalue weighted by Crippen LogP contribution is -2.37. The number of rotatable bonds is 3. The highest BCUT2D eigenvalue weighted by Gasteiger charge is 2.24. The van der Waals surface area contributed by atoms with Crippen molar-refractivity contribution in [1.82, 2.24) is 0 Å². The third-order valence-electron chi connectivity index (χ3n) is 2.19. The zero-order valence-corrected chi connectivity index (χ0v) is 8.45. The van der Waals surface area contributed by atoms with Crippen LogP contribution in [-0.2, 0) is 5.54 Å². The summed E-state index contributed by atoms with van der Waals surface area (Å²) in [6.45, 7) is 1.57. The van der Waals surface area contributed by atoms with Crippen molar-refractivity contribution in [2.75, 3.05) is 19.5 Å². The van der Waals surface area contributed by atoms with E-state index in [2.05, 4.69) is 0 Å². The first-order valence-corrected chi connectivity index (χ1v) is 4.35. The molecular formula is C10H16N2O2. The molecule has 0 aliphatic heterocycles. The first kappa shape index (κ1) is 10.8. The Morgan fingerprint density at radius 1 is 1.50 bits per heavy atom. The van der Waals surface area contributed by atoms with Crippen molar-refractivity contribution >= 4 is 5.69 Å². The Bertz CT molecular complexity index is 324. The predicted molar refractivity (Wildman–Crippen MR) is 56.0 cm³/mol. The molecule has 4 nitrogen and oxygen atoms in total. The normalized spacial score (nSPS) is 14.9. The van der Waals surface area contributed by atoms with Gasteiger partial charge in [-0.2, -0.15) is 0 Å². The Hall–Kier alpha value is -1.26. The Balaban J connectivity index is 3.27. The van der Waals surface area contributed by atoms with Crippen LogP contribution in [0.3, 0.4) is 0 Å². The summed E-state index contributed by atoms with van der Waals surface area (Å²) in [4.78, 5) is 0. The topological polar surface area (TPSA) is 81.5 Å². The average molecular weight is 196 g/mol. The van der Waals surface area contributed by atoms with Crippen LogP contribution in [-0.4, -0.2) is 18.8 Å². The molecule has 1 rings (SSSR count). The van der Waals surface area contributed by atoms with Crippen LogP contribution in [0.5, 0.6) is 5.75 Å². The molecule has 0 unspecified atom stereocenters. The van der Waals surface area contributed by atoms with E-state index >= 15 is 0 Å². The summed E-state index contributed by atoms with van der Waals surface area (Å²) in [6.07, 6.45) is 0. The molecule has 0 bridgehead atoms. The molecule has 0 aliphatic carbocycles. The number of anilines is 1. The van der Waals surface area contributed by atoms with Crippen LogP contribution in [0.4, 0.5) is 5.69 Å². The van der Waals surface area contributed by atoms with E-state index in [0.717, 1.165) is 0 Å². The van der Waals surface area contributed by atoms with Gasteiger partial charge in [-0.3, -0.25) is 0 Å². The van der Waals surface area contributed by atoms with Crippen LogP contribution in [0.25, 0.3) is 0 Å². The molecule has 0 saturated carbocycles. The zero-order valence-electron chi connectivity index (χ0n) is 8.45. The van der Waals surface area contributed by atoms with Crippen molar-refractivity contribution in [2.24, 2.45) is 5.73 Å². The maximum absolute atomic E-state index is 9.14. The second-order valence-corrected chi connectivity index (χ2v) is 3.50. The largest absolute Gasteiger partial charge is 0.494 e. The Morgan fingerprint density at radius 2 is 2.14 bits per heavy atom. The van der Waals surface area contributed by atoms with Crippen LogP contribution < -0.4 is 16.2 Å². The first-order valence-electron chi connectivity index (χ1n) is 4.35. The minimum Gasteiger partial charge on any atom is -0.494 e. The molecule has 0 saturated heterocycles. The second-order valence-electron chi connectivity index (χ2n) is 3.50. The molecule has 78 valence electrons. The van der Waals surface area contributed by atoms with Gasteiger partial charge in [-0.1, -0.05) is 12.1 Å². The molecule has 0 aliphatic rings. The van der Waals surface area contributed by atoms with Crippen LogP contribution >= 0.6 is 0 Å². The van der Waals surface area contributed by atoms with Crippen LogP contribution in [0.15, 0.2) is 18.2 Å². The highest BCUT2D eigenvalue weighted by molar-refractivity contribution is 5.58. The predicted octanol–water partition coefficient (Wildman–Crippen LogP) is 0.444. The highest BCUT2D eigenvalue weighted by atomic mass is 16.5. The van der Waals surface area contributed by atoms with E-state index in [-0.39, 0.29) is 6.61 Å². The fourth-order valence-electron chi connectivity index (χ4n) is 1.32. The summed E-state index contributed by atoms with van der Waals surface area (Å²) in [5.74, 6) is 0.534. The molecule has 0 fully saturated rings. The van der Waals surface area contributed by atoms with E-state index in [4.69, 9.17) is 21.3 Å². The molecule has 0 spiro atoms. The molecule has 1 aromatic rings. The van der Waals surface area contributed by atoms with E-state index in [0.29, 0.717) is 17.0 Å². The summed E-state index contributed by atoms with van der Waals surface area (Å²) in [5, 5.41) is 9.14. The van der Waals surface area contributed by atoms with E-state index in [9.17, 15) is 0 Å². The van der Waals surface area contributed by atoms with E-state index in [1.807, 2.05) is 0 Å². The molecule has 1 aromatic carbocycles. The van der Waals surface area contributed by atoms with Gasteiger partial charge in [-0.15, -0.1) is 0 Å². The number of nitrogen functional groups attached to an aromatic ring is 1. The molecule has 0 amide bonds. The summed E-state index contributed by atoms with van der Waals surface area (Å²) in [7, 11) is 1.53. The molecule has 1 atom stereocenters. The van der Waals surface area contributed by atoms with Crippen molar-refractivity contribution in [1.29, 1.82) is 0 Å². The lowest BCUT2D eigenvalue weighted by atomic mass is 9.93.